The Morgan fingerprint density at radius 1 is 1.36 bits per heavy atom. The lowest BCUT2D eigenvalue weighted by Gasteiger charge is -2.55. The standard InChI is InChI=1S/C18H31N3O3Si/c1-17(2,3)25(4,5)24-8-6-7-14-9-19-16(22)15(20-14)21-10-18(11-21)12-23-13-18/h9H,6-8,10-13H2,1-5H3,(H,19,22). The summed E-state index contributed by atoms with van der Waals surface area (Å²) in [6.45, 7) is 15.4. The summed E-state index contributed by atoms with van der Waals surface area (Å²) in [4.78, 5) is 21.6. The van der Waals surface area contributed by atoms with Gasteiger partial charge in [0.05, 0.1) is 24.3 Å². The Morgan fingerprint density at radius 3 is 2.60 bits per heavy atom. The molecule has 6 nitrogen and oxygen atoms in total. The van der Waals surface area contributed by atoms with Crippen LogP contribution in [-0.2, 0) is 15.6 Å². The Labute approximate surface area is 151 Å². The van der Waals surface area contributed by atoms with E-state index in [1.807, 2.05) is 0 Å². The molecule has 2 aliphatic rings. The van der Waals surface area contributed by atoms with Gasteiger partial charge < -0.3 is 19.0 Å². The largest absolute Gasteiger partial charge is 0.417 e. The molecule has 3 rings (SSSR count). The lowest BCUT2D eigenvalue weighted by Crippen LogP contribution is -2.67. The smallest absolute Gasteiger partial charge is 0.290 e. The van der Waals surface area contributed by atoms with Gasteiger partial charge in [0.15, 0.2) is 14.1 Å². The van der Waals surface area contributed by atoms with Crippen LogP contribution in [0.1, 0.15) is 32.9 Å². The van der Waals surface area contributed by atoms with Crippen LogP contribution in [-0.4, -0.2) is 51.2 Å². The molecule has 1 N–H and O–H groups in total. The maximum atomic E-state index is 12.1. The van der Waals surface area contributed by atoms with E-state index in [4.69, 9.17) is 9.16 Å². The van der Waals surface area contributed by atoms with E-state index in [-0.39, 0.29) is 16.0 Å². The Hall–Kier alpha value is -1.18. The zero-order valence-corrected chi connectivity index (χ0v) is 17.1. The second-order valence-electron chi connectivity index (χ2n) is 9.11. The minimum atomic E-state index is -1.69. The molecule has 7 heteroatoms. The van der Waals surface area contributed by atoms with Gasteiger partial charge in [0.1, 0.15) is 0 Å². The Morgan fingerprint density at radius 2 is 2.04 bits per heavy atom. The first-order valence-electron chi connectivity index (χ1n) is 9.17. The highest BCUT2D eigenvalue weighted by Crippen LogP contribution is 2.39. The number of hydrogen-bond acceptors (Lipinski definition) is 5. The summed E-state index contributed by atoms with van der Waals surface area (Å²) in [5.41, 5.74) is 1.11. The Kier molecular flexibility index (Phi) is 4.85. The van der Waals surface area contributed by atoms with Crippen LogP contribution in [0, 0.1) is 5.41 Å². The van der Waals surface area contributed by atoms with Crippen LogP contribution in [0.3, 0.4) is 0 Å². The molecule has 0 radical (unpaired) electrons. The molecule has 0 unspecified atom stereocenters. The van der Waals surface area contributed by atoms with Crippen molar-refractivity contribution in [2.24, 2.45) is 5.41 Å². The van der Waals surface area contributed by atoms with Gasteiger partial charge in [0.25, 0.3) is 5.56 Å². The number of aromatic amines is 1. The normalized spacial score (nSPS) is 19.6. The number of nitrogens with zero attached hydrogens (tertiary/aromatic N) is 2. The molecule has 0 atom stereocenters. The number of aromatic nitrogens is 2. The first kappa shape index (κ1) is 18.6. The number of aryl methyl sites for hydroxylation is 1. The average Bonchev–Trinajstić information content (AvgIpc) is 2.42. The van der Waals surface area contributed by atoms with Crippen molar-refractivity contribution in [3.05, 3.63) is 22.2 Å². The van der Waals surface area contributed by atoms with E-state index >= 15 is 0 Å². The minimum Gasteiger partial charge on any atom is -0.417 e. The number of rotatable bonds is 6. The fourth-order valence-electron chi connectivity index (χ4n) is 3.06. The van der Waals surface area contributed by atoms with Gasteiger partial charge in [-0.2, -0.15) is 0 Å². The number of H-pyrrole nitrogens is 1. The second kappa shape index (κ2) is 6.52. The van der Waals surface area contributed by atoms with E-state index in [9.17, 15) is 4.79 Å². The summed E-state index contributed by atoms with van der Waals surface area (Å²) in [7, 11) is -1.69. The fourth-order valence-corrected chi connectivity index (χ4v) is 4.15. The fraction of sp³-hybridized carbons (Fsp3) is 0.778. The molecule has 1 aromatic heterocycles. The summed E-state index contributed by atoms with van der Waals surface area (Å²) in [6, 6.07) is 0. The third kappa shape index (κ3) is 3.83. The van der Waals surface area contributed by atoms with Crippen molar-refractivity contribution in [1.82, 2.24) is 9.97 Å². The van der Waals surface area contributed by atoms with Crippen LogP contribution in [0.15, 0.2) is 11.0 Å². The van der Waals surface area contributed by atoms with E-state index in [1.54, 1.807) is 6.20 Å². The molecule has 25 heavy (non-hydrogen) atoms. The highest BCUT2D eigenvalue weighted by atomic mass is 28.4. The third-order valence-electron chi connectivity index (χ3n) is 5.84. The molecule has 140 valence electrons. The number of ether oxygens (including phenoxy) is 1. The van der Waals surface area contributed by atoms with Gasteiger partial charge in [-0.25, -0.2) is 4.98 Å². The molecule has 1 spiro atoms. The van der Waals surface area contributed by atoms with E-state index in [1.165, 1.54) is 0 Å². The van der Waals surface area contributed by atoms with Crippen molar-refractivity contribution >= 4 is 14.1 Å². The lowest BCUT2D eigenvalue weighted by atomic mass is 9.78. The topological polar surface area (TPSA) is 67.5 Å². The number of hydrogen-bond donors (Lipinski definition) is 1. The summed E-state index contributed by atoms with van der Waals surface area (Å²) >= 11 is 0. The molecule has 2 fully saturated rings. The molecule has 2 aliphatic heterocycles. The van der Waals surface area contributed by atoms with E-state index in [2.05, 4.69) is 48.7 Å². The zero-order valence-electron chi connectivity index (χ0n) is 16.1. The van der Waals surface area contributed by atoms with Crippen molar-refractivity contribution in [2.45, 2.75) is 51.7 Å². The van der Waals surface area contributed by atoms with Gasteiger partial charge >= 0.3 is 0 Å². The van der Waals surface area contributed by atoms with Gasteiger partial charge in [-0.15, -0.1) is 0 Å². The number of nitrogens with one attached hydrogen (secondary N) is 1. The summed E-state index contributed by atoms with van der Waals surface area (Å²) in [6.07, 6.45) is 3.48. The monoisotopic (exact) mass is 365 g/mol. The predicted molar refractivity (Wildman–Crippen MR) is 102 cm³/mol. The van der Waals surface area contributed by atoms with Gasteiger partial charge in [0.2, 0.25) is 0 Å². The molecule has 0 bridgehead atoms. The maximum Gasteiger partial charge on any atom is 0.290 e. The van der Waals surface area contributed by atoms with Crippen molar-refractivity contribution in [2.75, 3.05) is 37.8 Å². The minimum absolute atomic E-state index is 0.101. The molecule has 0 aliphatic carbocycles. The van der Waals surface area contributed by atoms with E-state index in [0.29, 0.717) is 5.82 Å². The van der Waals surface area contributed by atoms with Gasteiger partial charge in [-0.05, 0) is 31.0 Å². The molecule has 3 heterocycles. The van der Waals surface area contributed by atoms with E-state index < -0.39 is 8.32 Å². The summed E-state index contributed by atoms with van der Waals surface area (Å²) < 4.78 is 11.5. The zero-order chi connectivity index (χ0) is 18.3. The summed E-state index contributed by atoms with van der Waals surface area (Å²) in [5.74, 6) is 0.556. The van der Waals surface area contributed by atoms with Crippen molar-refractivity contribution in [1.29, 1.82) is 0 Å². The maximum absolute atomic E-state index is 12.1. The highest BCUT2D eigenvalue weighted by molar-refractivity contribution is 6.74. The van der Waals surface area contributed by atoms with Crippen LogP contribution in [0.4, 0.5) is 5.82 Å². The van der Waals surface area contributed by atoms with Crippen LogP contribution >= 0.6 is 0 Å². The van der Waals surface area contributed by atoms with Crippen molar-refractivity contribution in [3.63, 3.8) is 0 Å². The quantitative estimate of drug-likeness (QED) is 0.620. The molecular formula is C18H31N3O3Si. The molecular weight excluding hydrogens is 334 g/mol. The van der Waals surface area contributed by atoms with Crippen LogP contribution in [0.2, 0.25) is 18.1 Å². The van der Waals surface area contributed by atoms with Gasteiger partial charge in [-0.3, -0.25) is 4.79 Å². The molecule has 2 saturated heterocycles. The Balaban J connectivity index is 1.52. The average molecular weight is 366 g/mol. The predicted octanol–water partition coefficient (Wildman–Crippen LogP) is 2.56. The first-order chi connectivity index (χ1) is 11.6. The van der Waals surface area contributed by atoms with Crippen molar-refractivity contribution < 1.29 is 9.16 Å². The Bertz CT molecular complexity index is 669. The second-order valence-corrected chi connectivity index (χ2v) is 13.9. The molecule has 0 aromatic carbocycles. The highest BCUT2D eigenvalue weighted by Gasteiger charge is 2.50. The lowest BCUT2D eigenvalue weighted by molar-refractivity contribution is -0.127. The SMILES string of the molecule is CC(C)(C)[Si](C)(C)OCCCc1c[nH]c(=O)c(N2CC3(COC3)C2)n1. The summed E-state index contributed by atoms with van der Waals surface area (Å²) in [5, 5.41) is 0.231. The van der Waals surface area contributed by atoms with Crippen molar-refractivity contribution in [3.8, 4) is 0 Å². The van der Waals surface area contributed by atoms with Gasteiger partial charge in [-0.1, -0.05) is 20.8 Å². The van der Waals surface area contributed by atoms with E-state index in [0.717, 1.165) is 51.4 Å². The molecule has 0 amide bonds. The van der Waals surface area contributed by atoms with Gasteiger partial charge in [0, 0.05) is 25.9 Å². The third-order valence-corrected chi connectivity index (χ3v) is 10.4. The van der Waals surface area contributed by atoms with Crippen LogP contribution in [0.5, 0.6) is 0 Å². The molecule has 0 saturated carbocycles. The molecule has 1 aromatic rings. The van der Waals surface area contributed by atoms with Crippen LogP contribution in [0.25, 0.3) is 0 Å². The number of anilines is 1. The van der Waals surface area contributed by atoms with Crippen LogP contribution < -0.4 is 10.5 Å². The first-order valence-corrected chi connectivity index (χ1v) is 12.1.